The van der Waals surface area contributed by atoms with Gasteiger partial charge in [0.05, 0.1) is 11.3 Å². The van der Waals surface area contributed by atoms with Gasteiger partial charge in [0.25, 0.3) is 5.56 Å². The summed E-state index contributed by atoms with van der Waals surface area (Å²) in [6.07, 6.45) is 3.09. The lowest BCUT2D eigenvalue weighted by molar-refractivity contribution is -0.117. The molecule has 1 saturated carbocycles. The zero-order valence-corrected chi connectivity index (χ0v) is 11.7. The van der Waals surface area contributed by atoms with E-state index in [-0.39, 0.29) is 22.9 Å². The van der Waals surface area contributed by atoms with Crippen LogP contribution >= 0.6 is 0 Å². The van der Waals surface area contributed by atoms with E-state index in [9.17, 15) is 14.4 Å². The number of pyridine rings is 1. The molecule has 0 spiro atoms. The Bertz CT molecular complexity index is 806. The molecule has 0 aliphatic heterocycles. The lowest BCUT2D eigenvalue weighted by Crippen LogP contribution is -2.19. The van der Waals surface area contributed by atoms with Gasteiger partial charge in [0.1, 0.15) is 0 Å². The number of aromatic carboxylic acids is 1. The minimum absolute atomic E-state index is 0.0204. The minimum atomic E-state index is -1.10. The number of amides is 1. The van der Waals surface area contributed by atoms with Crippen LogP contribution in [0.1, 0.15) is 23.2 Å². The number of nitrogens with zero attached hydrogens (tertiary/aromatic N) is 1. The van der Waals surface area contributed by atoms with Gasteiger partial charge in [-0.15, -0.1) is 0 Å². The third-order valence-corrected chi connectivity index (χ3v) is 3.50. The van der Waals surface area contributed by atoms with Gasteiger partial charge < -0.3 is 10.4 Å². The summed E-state index contributed by atoms with van der Waals surface area (Å²) in [5, 5.41) is 11.8. The largest absolute Gasteiger partial charge is 0.478 e. The van der Waals surface area contributed by atoms with Crippen molar-refractivity contribution >= 4 is 17.6 Å². The number of aromatic nitrogens is 1. The van der Waals surface area contributed by atoms with Gasteiger partial charge in [-0.05, 0) is 37.1 Å². The first-order valence-corrected chi connectivity index (χ1v) is 6.92. The Morgan fingerprint density at radius 1 is 1.18 bits per heavy atom. The van der Waals surface area contributed by atoms with Gasteiger partial charge in [0, 0.05) is 23.9 Å². The summed E-state index contributed by atoms with van der Waals surface area (Å²) in [5.41, 5.74) is 0.770. The molecule has 6 nitrogen and oxygen atoms in total. The van der Waals surface area contributed by atoms with Gasteiger partial charge >= 0.3 is 5.97 Å². The number of carbonyl (C=O) groups is 2. The lowest BCUT2D eigenvalue weighted by atomic mass is 10.2. The summed E-state index contributed by atoms with van der Waals surface area (Å²) < 4.78 is 1.25. The van der Waals surface area contributed by atoms with Crippen LogP contribution in [0.5, 0.6) is 0 Å². The van der Waals surface area contributed by atoms with Crippen LogP contribution in [0.4, 0.5) is 5.69 Å². The first-order valence-electron chi connectivity index (χ1n) is 6.92. The van der Waals surface area contributed by atoms with Crippen molar-refractivity contribution in [2.45, 2.75) is 12.8 Å². The van der Waals surface area contributed by atoms with E-state index in [0.717, 1.165) is 12.8 Å². The zero-order chi connectivity index (χ0) is 15.7. The van der Waals surface area contributed by atoms with Gasteiger partial charge in [-0.2, -0.15) is 0 Å². The monoisotopic (exact) mass is 298 g/mol. The zero-order valence-electron chi connectivity index (χ0n) is 11.7. The Morgan fingerprint density at radius 3 is 2.64 bits per heavy atom. The van der Waals surface area contributed by atoms with Crippen molar-refractivity contribution < 1.29 is 14.7 Å². The maximum absolute atomic E-state index is 11.9. The van der Waals surface area contributed by atoms with Crippen LogP contribution in [0, 0.1) is 5.92 Å². The van der Waals surface area contributed by atoms with Crippen molar-refractivity contribution in [3.8, 4) is 5.69 Å². The standard InChI is InChI=1S/C16H14N2O4/c19-14-7-6-11(16(21)22)9-18(14)13-3-1-2-12(8-13)17-15(20)10-4-5-10/h1-3,6-10H,4-5H2,(H,17,20)(H,21,22). The molecule has 1 heterocycles. The summed E-state index contributed by atoms with van der Waals surface area (Å²) in [6.45, 7) is 0. The molecule has 112 valence electrons. The molecular weight excluding hydrogens is 284 g/mol. The third kappa shape index (κ3) is 2.90. The Labute approximate surface area is 126 Å². The van der Waals surface area contributed by atoms with Crippen molar-refractivity contribution in [1.29, 1.82) is 0 Å². The maximum Gasteiger partial charge on any atom is 0.337 e. The van der Waals surface area contributed by atoms with E-state index in [2.05, 4.69) is 5.32 Å². The van der Waals surface area contributed by atoms with Crippen LogP contribution in [-0.2, 0) is 4.79 Å². The Morgan fingerprint density at radius 2 is 1.95 bits per heavy atom. The molecule has 0 bridgehead atoms. The molecule has 6 heteroatoms. The van der Waals surface area contributed by atoms with Crippen molar-refractivity contribution in [1.82, 2.24) is 4.57 Å². The van der Waals surface area contributed by atoms with E-state index < -0.39 is 5.97 Å². The highest BCUT2D eigenvalue weighted by molar-refractivity contribution is 5.94. The van der Waals surface area contributed by atoms with E-state index in [1.165, 1.54) is 22.9 Å². The van der Waals surface area contributed by atoms with Crippen LogP contribution < -0.4 is 10.9 Å². The van der Waals surface area contributed by atoms with E-state index in [1.54, 1.807) is 24.3 Å². The second kappa shape index (κ2) is 5.48. The normalized spacial score (nSPS) is 13.6. The Kier molecular flexibility index (Phi) is 3.50. The van der Waals surface area contributed by atoms with E-state index >= 15 is 0 Å². The number of hydrogen-bond donors (Lipinski definition) is 2. The number of rotatable bonds is 4. The molecule has 1 aliphatic rings. The predicted molar refractivity (Wildman–Crippen MR) is 80.4 cm³/mol. The van der Waals surface area contributed by atoms with Crippen LogP contribution in [0.25, 0.3) is 5.69 Å². The molecular formula is C16H14N2O4. The third-order valence-electron chi connectivity index (χ3n) is 3.50. The Hall–Kier alpha value is -2.89. The average Bonchev–Trinajstić information content (AvgIpc) is 3.32. The summed E-state index contributed by atoms with van der Waals surface area (Å²) in [7, 11) is 0. The second-order valence-electron chi connectivity index (χ2n) is 5.25. The molecule has 3 rings (SSSR count). The second-order valence-corrected chi connectivity index (χ2v) is 5.25. The molecule has 0 unspecified atom stereocenters. The van der Waals surface area contributed by atoms with Gasteiger partial charge in [-0.3, -0.25) is 14.2 Å². The minimum Gasteiger partial charge on any atom is -0.478 e. The quantitative estimate of drug-likeness (QED) is 0.902. The first kappa shape index (κ1) is 14.1. The smallest absolute Gasteiger partial charge is 0.337 e. The predicted octanol–water partition coefficient (Wildman–Crippen LogP) is 1.88. The Balaban J connectivity index is 1.94. The van der Waals surface area contributed by atoms with E-state index in [0.29, 0.717) is 11.4 Å². The highest BCUT2D eigenvalue weighted by atomic mass is 16.4. The van der Waals surface area contributed by atoms with Crippen LogP contribution in [0.15, 0.2) is 47.4 Å². The number of carboxylic acid groups (broad SMARTS) is 1. The molecule has 0 saturated heterocycles. The number of hydrogen-bond acceptors (Lipinski definition) is 3. The molecule has 1 amide bonds. The van der Waals surface area contributed by atoms with E-state index in [1.807, 2.05) is 0 Å². The highest BCUT2D eigenvalue weighted by Gasteiger charge is 2.29. The number of anilines is 1. The molecule has 0 atom stereocenters. The highest BCUT2D eigenvalue weighted by Crippen LogP contribution is 2.30. The van der Waals surface area contributed by atoms with Crippen molar-refractivity contribution in [2.24, 2.45) is 5.92 Å². The van der Waals surface area contributed by atoms with Crippen molar-refractivity contribution in [3.05, 3.63) is 58.5 Å². The summed E-state index contributed by atoms with van der Waals surface area (Å²) in [6, 6.07) is 9.24. The SMILES string of the molecule is O=C(O)c1ccc(=O)n(-c2cccc(NC(=O)C3CC3)c2)c1. The van der Waals surface area contributed by atoms with Crippen molar-refractivity contribution in [2.75, 3.05) is 5.32 Å². The number of carbonyl (C=O) groups excluding carboxylic acids is 1. The van der Waals surface area contributed by atoms with Gasteiger partial charge in [-0.25, -0.2) is 4.79 Å². The average molecular weight is 298 g/mol. The molecule has 22 heavy (non-hydrogen) atoms. The van der Waals surface area contributed by atoms with Crippen molar-refractivity contribution in [3.63, 3.8) is 0 Å². The van der Waals surface area contributed by atoms with Crippen LogP contribution in [0.3, 0.4) is 0 Å². The topological polar surface area (TPSA) is 88.4 Å². The fourth-order valence-electron chi connectivity index (χ4n) is 2.14. The van der Waals surface area contributed by atoms with Crippen LogP contribution in [0.2, 0.25) is 0 Å². The summed E-state index contributed by atoms with van der Waals surface area (Å²) in [5.74, 6) is -1.04. The number of benzene rings is 1. The maximum atomic E-state index is 11.9. The molecule has 0 radical (unpaired) electrons. The molecule has 1 aliphatic carbocycles. The molecule has 1 aromatic carbocycles. The molecule has 1 fully saturated rings. The molecule has 1 aromatic heterocycles. The molecule has 2 aromatic rings. The first-order chi connectivity index (χ1) is 10.5. The van der Waals surface area contributed by atoms with Gasteiger partial charge in [-0.1, -0.05) is 6.07 Å². The number of carboxylic acids is 1. The lowest BCUT2D eigenvalue weighted by Gasteiger charge is -2.09. The van der Waals surface area contributed by atoms with Gasteiger partial charge in [0.2, 0.25) is 5.91 Å². The van der Waals surface area contributed by atoms with E-state index in [4.69, 9.17) is 5.11 Å². The van der Waals surface area contributed by atoms with Crippen LogP contribution in [-0.4, -0.2) is 21.6 Å². The fraction of sp³-hybridized carbons (Fsp3) is 0.188. The summed E-state index contributed by atoms with van der Waals surface area (Å²) >= 11 is 0. The summed E-state index contributed by atoms with van der Waals surface area (Å²) in [4.78, 5) is 34.7. The van der Waals surface area contributed by atoms with Gasteiger partial charge in [0.15, 0.2) is 0 Å². The fourth-order valence-corrected chi connectivity index (χ4v) is 2.14. The molecule has 2 N–H and O–H groups in total. The number of nitrogens with one attached hydrogen (secondary N) is 1.